The molecule has 0 radical (unpaired) electrons. The molecule has 3 heteroatoms. The lowest BCUT2D eigenvalue weighted by molar-refractivity contribution is 0.256. The first-order valence-corrected chi connectivity index (χ1v) is 6.35. The fourth-order valence-corrected chi connectivity index (χ4v) is 2.01. The first-order chi connectivity index (χ1) is 7.96. The summed E-state index contributed by atoms with van der Waals surface area (Å²) in [6.45, 7) is 5.70. The van der Waals surface area contributed by atoms with Crippen LogP contribution in [0.5, 0.6) is 0 Å². The lowest BCUT2D eigenvalue weighted by Gasteiger charge is -2.18. The van der Waals surface area contributed by atoms with Gasteiger partial charge in [0.1, 0.15) is 0 Å². The molecule has 1 aromatic rings. The Balaban J connectivity index is 2.60. The molecule has 0 aliphatic carbocycles. The Morgan fingerprint density at radius 3 is 2.47 bits per heavy atom. The SMILES string of the molecule is C#CC(C)(C)NC(=O)Sc1ccc(CC)cc1. The second-order valence-electron chi connectivity index (χ2n) is 4.28. The summed E-state index contributed by atoms with van der Waals surface area (Å²) in [6, 6.07) is 7.96. The van der Waals surface area contributed by atoms with Gasteiger partial charge in [-0.15, -0.1) is 6.42 Å². The molecule has 17 heavy (non-hydrogen) atoms. The average Bonchev–Trinajstić information content (AvgIpc) is 2.29. The van der Waals surface area contributed by atoms with Gasteiger partial charge in [-0.05, 0) is 49.7 Å². The molecule has 0 heterocycles. The molecule has 0 fully saturated rings. The highest BCUT2D eigenvalue weighted by molar-refractivity contribution is 8.13. The van der Waals surface area contributed by atoms with Crippen LogP contribution >= 0.6 is 11.8 Å². The Morgan fingerprint density at radius 2 is 2.00 bits per heavy atom. The molecule has 0 bridgehead atoms. The molecule has 0 saturated carbocycles. The molecule has 1 aromatic carbocycles. The minimum absolute atomic E-state index is 0.128. The van der Waals surface area contributed by atoms with Gasteiger partial charge in [0, 0.05) is 4.90 Å². The summed E-state index contributed by atoms with van der Waals surface area (Å²) in [5, 5.41) is 2.64. The lowest BCUT2D eigenvalue weighted by Crippen LogP contribution is -2.39. The van der Waals surface area contributed by atoms with Crippen molar-refractivity contribution in [3.63, 3.8) is 0 Å². The van der Waals surface area contributed by atoms with Gasteiger partial charge in [0.25, 0.3) is 5.24 Å². The smallest absolute Gasteiger partial charge is 0.285 e. The number of carbonyl (C=O) groups is 1. The van der Waals surface area contributed by atoms with E-state index in [1.165, 1.54) is 5.56 Å². The Bertz CT molecular complexity index is 429. The summed E-state index contributed by atoms with van der Waals surface area (Å²) in [5.41, 5.74) is 0.659. The summed E-state index contributed by atoms with van der Waals surface area (Å²) < 4.78 is 0. The molecular weight excluding hydrogens is 230 g/mol. The van der Waals surface area contributed by atoms with Crippen LogP contribution in [-0.4, -0.2) is 10.8 Å². The van der Waals surface area contributed by atoms with Crippen molar-refractivity contribution in [1.29, 1.82) is 0 Å². The van der Waals surface area contributed by atoms with Crippen molar-refractivity contribution in [3.8, 4) is 12.3 Å². The number of thioether (sulfide) groups is 1. The zero-order valence-electron chi connectivity index (χ0n) is 10.4. The molecule has 0 aliphatic rings. The minimum Gasteiger partial charge on any atom is -0.331 e. The van der Waals surface area contributed by atoms with Gasteiger partial charge in [0.05, 0.1) is 5.54 Å². The lowest BCUT2D eigenvalue weighted by atomic mass is 10.1. The summed E-state index contributed by atoms with van der Waals surface area (Å²) in [4.78, 5) is 12.6. The number of terminal acetylenes is 1. The van der Waals surface area contributed by atoms with E-state index in [0.29, 0.717) is 0 Å². The maximum absolute atomic E-state index is 11.7. The number of amides is 1. The third kappa shape index (κ3) is 4.54. The first kappa shape index (κ1) is 13.7. The second-order valence-corrected chi connectivity index (χ2v) is 5.33. The molecule has 0 atom stereocenters. The molecule has 1 rings (SSSR count). The van der Waals surface area contributed by atoms with Crippen LogP contribution in [-0.2, 0) is 6.42 Å². The van der Waals surface area contributed by atoms with E-state index in [4.69, 9.17) is 6.42 Å². The van der Waals surface area contributed by atoms with Crippen LogP contribution in [0.15, 0.2) is 29.2 Å². The van der Waals surface area contributed by atoms with Crippen molar-refractivity contribution in [2.24, 2.45) is 0 Å². The molecule has 0 aromatic heterocycles. The number of rotatable bonds is 3. The third-order valence-electron chi connectivity index (χ3n) is 2.32. The zero-order chi connectivity index (χ0) is 12.9. The van der Waals surface area contributed by atoms with E-state index < -0.39 is 5.54 Å². The van der Waals surface area contributed by atoms with E-state index in [0.717, 1.165) is 23.1 Å². The average molecular weight is 247 g/mol. The Labute approximate surface area is 107 Å². The van der Waals surface area contributed by atoms with Crippen LogP contribution in [0.4, 0.5) is 4.79 Å². The number of hydrogen-bond donors (Lipinski definition) is 1. The van der Waals surface area contributed by atoms with Crippen molar-refractivity contribution >= 4 is 17.0 Å². The van der Waals surface area contributed by atoms with Crippen molar-refractivity contribution in [1.82, 2.24) is 5.32 Å². The van der Waals surface area contributed by atoms with E-state index in [-0.39, 0.29) is 5.24 Å². The highest BCUT2D eigenvalue weighted by Gasteiger charge is 2.17. The van der Waals surface area contributed by atoms with Crippen molar-refractivity contribution in [2.45, 2.75) is 37.6 Å². The van der Waals surface area contributed by atoms with Crippen LogP contribution in [0.2, 0.25) is 0 Å². The molecule has 0 spiro atoms. The quantitative estimate of drug-likeness (QED) is 0.654. The monoisotopic (exact) mass is 247 g/mol. The zero-order valence-corrected chi connectivity index (χ0v) is 11.2. The molecular formula is C14H17NOS. The predicted molar refractivity (Wildman–Crippen MR) is 73.1 cm³/mol. The van der Waals surface area contributed by atoms with E-state index in [1.807, 2.05) is 24.3 Å². The summed E-state index contributed by atoms with van der Waals surface area (Å²) >= 11 is 1.16. The molecule has 90 valence electrons. The maximum atomic E-state index is 11.7. The fraction of sp³-hybridized carbons (Fsp3) is 0.357. The Hall–Kier alpha value is -1.40. The van der Waals surface area contributed by atoms with E-state index >= 15 is 0 Å². The van der Waals surface area contributed by atoms with Gasteiger partial charge in [-0.2, -0.15) is 0 Å². The van der Waals surface area contributed by atoms with Crippen LogP contribution in [0, 0.1) is 12.3 Å². The van der Waals surface area contributed by atoms with E-state index in [2.05, 4.69) is 18.2 Å². The standard InChI is InChI=1S/C14H17NOS/c1-5-11-7-9-12(10-8-11)17-13(16)15-14(3,4)6-2/h2,7-10H,5H2,1,3-4H3,(H,15,16). The molecule has 0 saturated heterocycles. The highest BCUT2D eigenvalue weighted by Crippen LogP contribution is 2.20. The van der Waals surface area contributed by atoms with Crippen LogP contribution in [0.25, 0.3) is 0 Å². The summed E-state index contributed by atoms with van der Waals surface area (Å²) in [5.74, 6) is 2.53. The van der Waals surface area contributed by atoms with Crippen molar-refractivity contribution < 1.29 is 4.79 Å². The number of carbonyl (C=O) groups excluding carboxylic acids is 1. The third-order valence-corrected chi connectivity index (χ3v) is 3.11. The van der Waals surface area contributed by atoms with Gasteiger partial charge in [0.2, 0.25) is 0 Å². The number of hydrogen-bond acceptors (Lipinski definition) is 2. The second kappa shape index (κ2) is 5.79. The van der Waals surface area contributed by atoms with Crippen LogP contribution < -0.4 is 5.32 Å². The topological polar surface area (TPSA) is 29.1 Å². The van der Waals surface area contributed by atoms with Crippen LogP contribution in [0.1, 0.15) is 26.3 Å². The van der Waals surface area contributed by atoms with Gasteiger partial charge in [0.15, 0.2) is 0 Å². The molecule has 1 amide bonds. The van der Waals surface area contributed by atoms with E-state index in [1.54, 1.807) is 13.8 Å². The fourth-order valence-electron chi connectivity index (χ4n) is 1.22. The normalized spacial score (nSPS) is 10.7. The van der Waals surface area contributed by atoms with Crippen LogP contribution in [0.3, 0.4) is 0 Å². The van der Waals surface area contributed by atoms with Gasteiger partial charge in [-0.1, -0.05) is 25.0 Å². The molecule has 2 nitrogen and oxygen atoms in total. The minimum atomic E-state index is -0.604. The molecule has 0 unspecified atom stereocenters. The van der Waals surface area contributed by atoms with Crippen molar-refractivity contribution in [2.75, 3.05) is 0 Å². The Kier molecular flexibility index (Phi) is 4.65. The van der Waals surface area contributed by atoms with Gasteiger partial charge >= 0.3 is 0 Å². The van der Waals surface area contributed by atoms with Gasteiger partial charge in [-0.3, -0.25) is 4.79 Å². The predicted octanol–water partition coefficient (Wildman–Crippen LogP) is 3.46. The van der Waals surface area contributed by atoms with Crippen molar-refractivity contribution in [3.05, 3.63) is 29.8 Å². The molecule has 0 aliphatic heterocycles. The van der Waals surface area contributed by atoms with Gasteiger partial charge < -0.3 is 5.32 Å². The number of nitrogens with one attached hydrogen (secondary N) is 1. The van der Waals surface area contributed by atoms with Gasteiger partial charge in [-0.25, -0.2) is 0 Å². The maximum Gasteiger partial charge on any atom is 0.285 e. The Morgan fingerprint density at radius 1 is 1.41 bits per heavy atom. The number of benzene rings is 1. The largest absolute Gasteiger partial charge is 0.331 e. The highest BCUT2D eigenvalue weighted by atomic mass is 32.2. The molecule has 1 N–H and O–H groups in total. The summed E-state index contributed by atoms with van der Waals surface area (Å²) in [7, 11) is 0. The first-order valence-electron chi connectivity index (χ1n) is 5.53. The van der Waals surface area contributed by atoms with E-state index in [9.17, 15) is 4.79 Å². The summed E-state index contributed by atoms with van der Waals surface area (Å²) in [6.07, 6.45) is 6.31. The number of aryl methyl sites for hydroxylation is 1.